The molecule has 1 atom stereocenters. The summed E-state index contributed by atoms with van der Waals surface area (Å²) in [6.07, 6.45) is 8.21. The van der Waals surface area contributed by atoms with E-state index in [0.717, 1.165) is 5.92 Å². The van der Waals surface area contributed by atoms with Gasteiger partial charge in [0.1, 0.15) is 0 Å². The van der Waals surface area contributed by atoms with Gasteiger partial charge < -0.3 is 10.2 Å². The van der Waals surface area contributed by atoms with E-state index in [2.05, 4.69) is 21.7 Å². The van der Waals surface area contributed by atoms with Gasteiger partial charge in [-0.1, -0.05) is 0 Å². The standard InChI is InChI=1S/C16H26N2S/c1-2-10-18(9-1)11-4-8-17-13-14-5-3-6-16-15(14)7-12-19-16/h7,12,14,17H,1-6,8-11,13H2. The molecule has 106 valence electrons. The number of nitrogens with zero attached hydrogens (tertiary/aromatic N) is 1. The largest absolute Gasteiger partial charge is 0.316 e. The zero-order valence-corrected chi connectivity index (χ0v) is 12.7. The van der Waals surface area contributed by atoms with Gasteiger partial charge in [-0.3, -0.25) is 0 Å². The van der Waals surface area contributed by atoms with Crippen LogP contribution in [0.15, 0.2) is 11.4 Å². The molecule has 1 N–H and O–H groups in total. The molecular formula is C16H26N2S. The molecule has 1 aromatic heterocycles. The van der Waals surface area contributed by atoms with Gasteiger partial charge in [-0.05, 0) is 87.6 Å². The molecule has 1 unspecified atom stereocenters. The van der Waals surface area contributed by atoms with Crippen LogP contribution in [-0.4, -0.2) is 37.6 Å². The van der Waals surface area contributed by atoms with Crippen LogP contribution in [-0.2, 0) is 6.42 Å². The van der Waals surface area contributed by atoms with E-state index in [1.165, 1.54) is 71.2 Å². The van der Waals surface area contributed by atoms with Gasteiger partial charge in [0.05, 0.1) is 0 Å². The highest BCUT2D eigenvalue weighted by Gasteiger charge is 2.20. The van der Waals surface area contributed by atoms with Gasteiger partial charge in [0, 0.05) is 11.4 Å². The Morgan fingerprint density at radius 1 is 1.26 bits per heavy atom. The van der Waals surface area contributed by atoms with Crippen molar-refractivity contribution in [3.05, 3.63) is 21.9 Å². The van der Waals surface area contributed by atoms with Crippen LogP contribution in [0.2, 0.25) is 0 Å². The lowest BCUT2D eigenvalue weighted by Crippen LogP contribution is -2.28. The fourth-order valence-corrected chi connectivity index (χ4v) is 4.52. The van der Waals surface area contributed by atoms with E-state index in [9.17, 15) is 0 Å². The minimum absolute atomic E-state index is 0.779. The highest BCUT2D eigenvalue weighted by atomic mass is 32.1. The second-order valence-electron chi connectivity index (χ2n) is 5.99. The monoisotopic (exact) mass is 278 g/mol. The number of hydrogen-bond donors (Lipinski definition) is 1. The maximum Gasteiger partial charge on any atom is 0.00805 e. The van der Waals surface area contributed by atoms with Crippen molar-refractivity contribution in [3.63, 3.8) is 0 Å². The first-order valence-electron chi connectivity index (χ1n) is 7.93. The molecule has 3 heteroatoms. The molecule has 0 bridgehead atoms. The first-order chi connectivity index (χ1) is 9.43. The number of thiophene rings is 1. The number of hydrogen-bond acceptors (Lipinski definition) is 3. The maximum absolute atomic E-state index is 3.69. The normalized spacial score (nSPS) is 23.7. The lowest BCUT2D eigenvalue weighted by atomic mass is 9.88. The lowest BCUT2D eigenvalue weighted by Gasteiger charge is -2.23. The van der Waals surface area contributed by atoms with E-state index in [1.54, 1.807) is 10.4 Å². The molecule has 1 aliphatic carbocycles. The molecule has 0 saturated carbocycles. The topological polar surface area (TPSA) is 15.3 Å². The van der Waals surface area contributed by atoms with Crippen LogP contribution in [0.25, 0.3) is 0 Å². The van der Waals surface area contributed by atoms with Gasteiger partial charge >= 0.3 is 0 Å². The van der Waals surface area contributed by atoms with Crippen LogP contribution in [0.3, 0.4) is 0 Å². The molecule has 1 aliphatic heterocycles. The molecule has 0 amide bonds. The van der Waals surface area contributed by atoms with Gasteiger partial charge in [-0.2, -0.15) is 0 Å². The van der Waals surface area contributed by atoms with E-state index in [4.69, 9.17) is 0 Å². The molecule has 0 radical (unpaired) electrons. The van der Waals surface area contributed by atoms with Gasteiger partial charge in [0.15, 0.2) is 0 Å². The molecule has 1 fully saturated rings. The van der Waals surface area contributed by atoms with Crippen molar-refractivity contribution in [1.29, 1.82) is 0 Å². The summed E-state index contributed by atoms with van der Waals surface area (Å²) in [4.78, 5) is 4.26. The van der Waals surface area contributed by atoms with E-state index < -0.39 is 0 Å². The van der Waals surface area contributed by atoms with E-state index in [-0.39, 0.29) is 0 Å². The average molecular weight is 278 g/mol. The second kappa shape index (κ2) is 6.87. The Balaban J connectivity index is 1.34. The highest BCUT2D eigenvalue weighted by Crippen LogP contribution is 2.34. The summed E-state index contributed by atoms with van der Waals surface area (Å²) in [6, 6.07) is 2.36. The van der Waals surface area contributed by atoms with E-state index in [1.807, 2.05) is 11.3 Å². The number of nitrogens with one attached hydrogen (secondary N) is 1. The zero-order valence-electron chi connectivity index (χ0n) is 11.9. The van der Waals surface area contributed by atoms with Crippen molar-refractivity contribution in [3.8, 4) is 0 Å². The van der Waals surface area contributed by atoms with Gasteiger partial charge in [0.25, 0.3) is 0 Å². The van der Waals surface area contributed by atoms with Crippen LogP contribution >= 0.6 is 11.3 Å². The van der Waals surface area contributed by atoms with Crippen molar-refractivity contribution < 1.29 is 0 Å². The average Bonchev–Trinajstić information content (AvgIpc) is 3.09. The van der Waals surface area contributed by atoms with Crippen LogP contribution in [0.1, 0.15) is 48.5 Å². The Labute approximate surface area is 121 Å². The molecule has 2 aliphatic rings. The summed E-state index contributed by atoms with van der Waals surface area (Å²) < 4.78 is 0. The van der Waals surface area contributed by atoms with Crippen LogP contribution in [0.5, 0.6) is 0 Å². The summed E-state index contributed by atoms with van der Waals surface area (Å²) in [7, 11) is 0. The minimum atomic E-state index is 0.779. The lowest BCUT2D eigenvalue weighted by molar-refractivity contribution is 0.330. The number of aryl methyl sites for hydroxylation is 1. The Morgan fingerprint density at radius 2 is 2.16 bits per heavy atom. The van der Waals surface area contributed by atoms with Crippen molar-refractivity contribution in [2.75, 3.05) is 32.7 Å². The van der Waals surface area contributed by atoms with E-state index >= 15 is 0 Å². The Morgan fingerprint density at radius 3 is 3.05 bits per heavy atom. The summed E-state index contributed by atoms with van der Waals surface area (Å²) in [5.74, 6) is 0.779. The summed E-state index contributed by atoms with van der Waals surface area (Å²) in [5.41, 5.74) is 1.64. The minimum Gasteiger partial charge on any atom is -0.316 e. The predicted octanol–water partition coefficient (Wildman–Crippen LogP) is 3.24. The van der Waals surface area contributed by atoms with Crippen LogP contribution in [0, 0.1) is 0 Å². The van der Waals surface area contributed by atoms with Gasteiger partial charge in [-0.25, -0.2) is 0 Å². The molecule has 0 aromatic carbocycles. The molecule has 3 rings (SSSR count). The third-order valence-electron chi connectivity index (χ3n) is 4.59. The number of fused-ring (bicyclic) bond motifs is 1. The number of rotatable bonds is 6. The third kappa shape index (κ3) is 3.59. The van der Waals surface area contributed by atoms with Crippen molar-refractivity contribution in [1.82, 2.24) is 10.2 Å². The molecule has 1 saturated heterocycles. The van der Waals surface area contributed by atoms with Crippen LogP contribution in [0.4, 0.5) is 0 Å². The SMILES string of the molecule is c1cc2c(s1)CCCC2CNCCCN1CCCC1. The first kappa shape index (κ1) is 13.6. The van der Waals surface area contributed by atoms with Crippen molar-refractivity contribution in [2.45, 2.75) is 44.4 Å². The van der Waals surface area contributed by atoms with Crippen molar-refractivity contribution >= 4 is 11.3 Å². The highest BCUT2D eigenvalue weighted by molar-refractivity contribution is 7.10. The molecule has 0 spiro atoms. The third-order valence-corrected chi connectivity index (χ3v) is 5.59. The number of likely N-dealkylation sites (tertiary alicyclic amines) is 1. The first-order valence-corrected chi connectivity index (χ1v) is 8.81. The molecule has 19 heavy (non-hydrogen) atoms. The Hall–Kier alpha value is -0.380. The van der Waals surface area contributed by atoms with E-state index in [0.29, 0.717) is 0 Å². The predicted molar refractivity (Wildman–Crippen MR) is 83.2 cm³/mol. The smallest absolute Gasteiger partial charge is 0.00805 e. The fraction of sp³-hybridized carbons (Fsp3) is 0.750. The zero-order chi connectivity index (χ0) is 12.9. The van der Waals surface area contributed by atoms with Gasteiger partial charge in [0.2, 0.25) is 0 Å². The molecule has 2 nitrogen and oxygen atoms in total. The summed E-state index contributed by atoms with van der Waals surface area (Å²) >= 11 is 1.96. The second-order valence-corrected chi connectivity index (χ2v) is 7.00. The van der Waals surface area contributed by atoms with Gasteiger partial charge in [-0.15, -0.1) is 11.3 Å². The molecule has 1 aromatic rings. The summed E-state index contributed by atoms with van der Waals surface area (Å²) in [6.45, 7) is 6.33. The summed E-state index contributed by atoms with van der Waals surface area (Å²) in [5, 5.41) is 5.96. The Bertz CT molecular complexity index is 382. The Kier molecular flexibility index (Phi) is 4.91. The molecular weight excluding hydrogens is 252 g/mol. The molecule has 2 heterocycles. The quantitative estimate of drug-likeness (QED) is 0.804. The van der Waals surface area contributed by atoms with Crippen molar-refractivity contribution in [2.24, 2.45) is 0 Å². The van der Waals surface area contributed by atoms with Crippen LogP contribution < -0.4 is 5.32 Å². The maximum atomic E-state index is 3.69. The fourth-order valence-electron chi connectivity index (χ4n) is 3.50.